The first-order chi connectivity index (χ1) is 13.0. The maximum atomic E-state index is 13.9. The molecule has 27 heavy (non-hydrogen) atoms. The molecule has 1 aromatic heterocycles. The summed E-state index contributed by atoms with van der Waals surface area (Å²) in [5.41, 5.74) is 1.06. The molecule has 0 saturated carbocycles. The molecule has 2 aromatic carbocycles. The molecule has 0 radical (unpaired) electrons. The Morgan fingerprint density at radius 3 is 2.78 bits per heavy atom. The summed E-state index contributed by atoms with van der Waals surface area (Å²) in [7, 11) is 1.59. The summed E-state index contributed by atoms with van der Waals surface area (Å²) in [4.78, 5) is 13.7. The summed E-state index contributed by atoms with van der Waals surface area (Å²) >= 11 is 10.6. The van der Waals surface area contributed by atoms with Crippen LogP contribution in [0.4, 0.5) is 4.39 Å². The van der Waals surface area contributed by atoms with E-state index >= 15 is 0 Å². The number of nitrogens with zero attached hydrogens (tertiary/aromatic N) is 3. The lowest BCUT2D eigenvalue weighted by Crippen LogP contribution is -2.28. The van der Waals surface area contributed by atoms with Crippen molar-refractivity contribution in [2.45, 2.75) is 11.8 Å². The molecule has 0 fully saturated rings. The second kappa shape index (κ2) is 8.86. The first-order valence-electron chi connectivity index (χ1n) is 7.83. The van der Waals surface area contributed by atoms with Crippen molar-refractivity contribution in [3.63, 3.8) is 0 Å². The Balaban J connectivity index is 1.60. The van der Waals surface area contributed by atoms with E-state index in [0.29, 0.717) is 5.89 Å². The van der Waals surface area contributed by atoms with Gasteiger partial charge in [-0.25, -0.2) is 4.39 Å². The predicted molar refractivity (Wildman–Crippen MR) is 106 cm³/mol. The van der Waals surface area contributed by atoms with Crippen LogP contribution in [0.15, 0.2) is 56.6 Å². The van der Waals surface area contributed by atoms with Crippen molar-refractivity contribution in [1.29, 1.82) is 0 Å². The first-order valence-corrected chi connectivity index (χ1v) is 9.99. The number of hydrogen-bond acceptors (Lipinski definition) is 5. The van der Waals surface area contributed by atoms with Crippen molar-refractivity contribution in [3.05, 3.63) is 63.3 Å². The maximum Gasteiger partial charge on any atom is 0.277 e. The zero-order valence-corrected chi connectivity index (χ0v) is 17.3. The van der Waals surface area contributed by atoms with E-state index < -0.39 is 5.82 Å². The van der Waals surface area contributed by atoms with Gasteiger partial charge in [0.2, 0.25) is 11.8 Å². The van der Waals surface area contributed by atoms with E-state index in [1.54, 1.807) is 13.1 Å². The number of aromatic nitrogens is 2. The summed E-state index contributed by atoms with van der Waals surface area (Å²) in [5.74, 6) is -0.200. The molecule has 0 unspecified atom stereocenters. The minimum absolute atomic E-state index is 0.0803. The van der Waals surface area contributed by atoms with Crippen LogP contribution >= 0.6 is 39.3 Å². The largest absolute Gasteiger partial charge is 0.411 e. The molecule has 0 N–H and O–H groups in total. The van der Waals surface area contributed by atoms with Crippen LogP contribution in [0.5, 0.6) is 0 Å². The van der Waals surface area contributed by atoms with Crippen LogP contribution in [0.3, 0.4) is 0 Å². The standard InChI is InChI=1S/C18H14BrClFN3O2S/c1-24(9-12-14(20)7-4-8-15(12)21)16(25)10-27-18-23-22-17(26-18)11-5-2-3-6-13(11)19/h2-8H,9-10H2,1H3. The molecule has 0 bridgehead atoms. The van der Waals surface area contributed by atoms with Crippen molar-refractivity contribution in [1.82, 2.24) is 15.1 Å². The minimum Gasteiger partial charge on any atom is -0.411 e. The fourth-order valence-corrected chi connectivity index (χ4v) is 3.63. The molecule has 0 aliphatic carbocycles. The fourth-order valence-electron chi connectivity index (χ4n) is 2.25. The number of hydrogen-bond donors (Lipinski definition) is 0. The van der Waals surface area contributed by atoms with Gasteiger partial charge in [-0.3, -0.25) is 4.79 Å². The molecule has 1 amide bonds. The Kier molecular flexibility index (Phi) is 6.51. The number of rotatable bonds is 6. The smallest absolute Gasteiger partial charge is 0.277 e. The molecule has 0 spiro atoms. The molecule has 140 valence electrons. The highest BCUT2D eigenvalue weighted by atomic mass is 79.9. The van der Waals surface area contributed by atoms with Gasteiger partial charge in [0.25, 0.3) is 5.22 Å². The van der Waals surface area contributed by atoms with Crippen molar-refractivity contribution < 1.29 is 13.6 Å². The maximum absolute atomic E-state index is 13.9. The Labute approximate surface area is 173 Å². The molecule has 0 saturated heterocycles. The lowest BCUT2D eigenvalue weighted by molar-refractivity contribution is -0.127. The molecule has 1 heterocycles. The number of thioether (sulfide) groups is 1. The summed E-state index contributed by atoms with van der Waals surface area (Å²) in [6.07, 6.45) is 0. The van der Waals surface area contributed by atoms with E-state index in [9.17, 15) is 9.18 Å². The highest BCUT2D eigenvalue weighted by molar-refractivity contribution is 9.10. The summed E-state index contributed by atoms with van der Waals surface area (Å²) in [6.45, 7) is 0.0803. The average molecular weight is 471 g/mol. The van der Waals surface area contributed by atoms with Gasteiger partial charge in [-0.2, -0.15) is 0 Å². The number of benzene rings is 2. The third kappa shape index (κ3) is 4.88. The molecule has 9 heteroatoms. The van der Waals surface area contributed by atoms with E-state index in [2.05, 4.69) is 26.1 Å². The second-order valence-corrected chi connectivity index (χ2v) is 7.78. The van der Waals surface area contributed by atoms with Crippen LogP contribution in [-0.2, 0) is 11.3 Å². The monoisotopic (exact) mass is 469 g/mol. The number of carbonyl (C=O) groups excluding carboxylic acids is 1. The van der Waals surface area contributed by atoms with Gasteiger partial charge >= 0.3 is 0 Å². The molecule has 0 aliphatic rings. The molecule has 0 atom stereocenters. The van der Waals surface area contributed by atoms with Gasteiger partial charge in [0.1, 0.15) is 5.82 Å². The van der Waals surface area contributed by atoms with Crippen molar-refractivity contribution >= 4 is 45.2 Å². The first kappa shape index (κ1) is 19.9. The highest BCUT2D eigenvalue weighted by Gasteiger charge is 2.17. The molecule has 3 aromatic rings. The number of halogens is 3. The SMILES string of the molecule is CN(Cc1c(F)cccc1Cl)C(=O)CSc1nnc(-c2ccccc2Br)o1. The van der Waals surface area contributed by atoms with Crippen molar-refractivity contribution in [2.75, 3.05) is 12.8 Å². The van der Waals surface area contributed by atoms with Gasteiger partial charge in [-0.1, -0.05) is 41.6 Å². The predicted octanol–water partition coefficient (Wildman–Crippen LogP) is 5.04. The van der Waals surface area contributed by atoms with Crippen molar-refractivity contribution in [3.8, 4) is 11.5 Å². The average Bonchev–Trinajstić information content (AvgIpc) is 3.12. The van der Waals surface area contributed by atoms with Gasteiger partial charge < -0.3 is 9.32 Å². The van der Waals surface area contributed by atoms with Gasteiger partial charge in [0, 0.05) is 28.7 Å². The van der Waals surface area contributed by atoms with Gasteiger partial charge in [0.15, 0.2) is 0 Å². The molecule has 3 rings (SSSR count). The van der Waals surface area contributed by atoms with Crippen LogP contribution in [0.2, 0.25) is 5.02 Å². The lowest BCUT2D eigenvalue weighted by Gasteiger charge is -2.17. The summed E-state index contributed by atoms with van der Waals surface area (Å²) < 4.78 is 20.3. The Bertz CT molecular complexity index is 949. The molecular weight excluding hydrogens is 457 g/mol. The summed E-state index contributed by atoms with van der Waals surface area (Å²) in [6, 6.07) is 11.9. The molecule has 0 aliphatic heterocycles. The third-order valence-electron chi connectivity index (χ3n) is 3.71. The van der Waals surface area contributed by atoms with Crippen LogP contribution < -0.4 is 0 Å². The minimum atomic E-state index is -0.440. The zero-order chi connectivity index (χ0) is 19.4. The third-order valence-corrected chi connectivity index (χ3v) is 5.56. The number of amides is 1. The topological polar surface area (TPSA) is 59.2 Å². The van der Waals surface area contributed by atoms with E-state index in [1.807, 2.05) is 24.3 Å². The van der Waals surface area contributed by atoms with E-state index in [-0.39, 0.29) is 34.0 Å². The zero-order valence-electron chi connectivity index (χ0n) is 14.2. The second-order valence-electron chi connectivity index (χ2n) is 5.59. The van der Waals surface area contributed by atoms with Crippen LogP contribution in [-0.4, -0.2) is 33.8 Å². The van der Waals surface area contributed by atoms with E-state index in [1.165, 1.54) is 17.0 Å². The van der Waals surface area contributed by atoms with Crippen LogP contribution in [0.25, 0.3) is 11.5 Å². The fraction of sp³-hybridized carbons (Fsp3) is 0.167. The van der Waals surface area contributed by atoms with E-state index in [4.69, 9.17) is 16.0 Å². The Morgan fingerprint density at radius 1 is 1.26 bits per heavy atom. The van der Waals surface area contributed by atoms with E-state index in [0.717, 1.165) is 21.8 Å². The Morgan fingerprint density at radius 2 is 2.04 bits per heavy atom. The Hall–Kier alpha value is -1.90. The van der Waals surface area contributed by atoms with Crippen LogP contribution in [0.1, 0.15) is 5.56 Å². The highest BCUT2D eigenvalue weighted by Crippen LogP contribution is 2.29. The van der Waals surface area contributed by atoms with Gasteiger partial charge in [-0.05, 0) is 40.2 Å². The molecule has 5 nitrogen and oxygen atoms in total. The quantitative estimate of drug-likeness (QED) is 0.472. The lowest BCUT2D eigenvalue weighted by atomic mass is 10.2. The van der Waals surface area contributed by atoms with Gasteiger partial charge in [-0.15, -0.1) is 10.2 Å². The number of carbonyl (C=O) groups is 1. The van der Waals surface area contributed by atoms with Crippen LogP contribution in [0, 0.1) is 5.82 Å². The van der Waals surface area contributed by atoms with Crippen molar-refractivity contribution in [2.24, 2.45) is 0 Å². The normalized spacial score (nSPS) is 10.8. The summed E-state index contributed by atoms with van der Waals surface area (Å²) in [5, 5.41) is 8.53. The van der Waals surface area contributed by atoms with Gasteiger partial charge in [0.05, 0.1) is 11.3 Å². The molecular formula is C18H14BrClFN3O2S.